The van der Waals surface area contributed by atoms with Crippen LogP contribution in [-0.2, 0) is 11.8 Å². The van der Waals surface area contributed by atoms with E-state index in [2.05, 4.69) is 54.3 Å². The molecule has 1 unspecified atom stereocenters. The molecule has 0 fully saturated rings. The van der Waals surface area contributed by atoms with E-state index in [1.54, 1.807) is 17.3 Å². The first kappa shape index (κ1) is 16.4. The van der Waals surface area contributed by atoms with Crippen LogP contribution in [0, 0.1) is 0 Å². The topological polar surface area (TPSA) is 58.1 Å². The molecule has 1 aliphatic rings. The highest BCUT2D eigenvalue weighted by atomic mass is 16.2. The molecule has 1 aromatic heterocycles. The van der Waals surface area contributed by atoms with E-state index in [4.69, 9.17) is 0 Å². The van der Waals surface area contributed by atoms with Crippen LogP contribution >= 0.6 is 0 Å². The fourth-order valence-electron chi connectivity index (χ4n) is 3.07. The second-order valence-electron chi connectivity index (χ2n) is 7.34. The summed E-state index contributed by atoms with van der Waals surface area (Å²) in [6.07, 6.45) is 5.31. The highest BCUT2D eigenvalue weighted by molar-refractivity contribution is 5.89. The number of carbonyl (C=O) groups is 1. The van der Waals surface area contributed by atoms with Crippen LogP contribution in [0.15, 0.2) is 36.7 Å². The van der Waals surface area contributed by atoms with Crippen LogP contribution in [0.3, 0.4) is 0 Å². The van der Waals surface area contributed by atoms with Crippen LogP contribution in [-0.4, -0.2) is 27.9 Å². The van der Waals surface area contributed by atoms with Crippen LogP contribution in [0.25, 0.3) is 0 Å². The van der Waals surface area contributed by atoms with Gasteiger partial charge in [0.1, 0.15) is 5.82 Å². The molecule has 0 saturated heterocycles. The lowest BCUT2D eigenvalue weighted by atomic mass is 9.96. The van der Waals surface area contributed by atoms with Gasteiger partial charge in [-0.25, -0.2) is 14.8 Å². The lowest BCUT2D eigenvalue weighted by Gasteiger charge is -2.25. The molecule has 0 spiro atoms. The summed E-state index contributed by atoms with van der Waals surface area (Å²) in [5.41, 5.74) is 3.09. The molecule has 1 N–H and O–H groups in total. The number of aryl methyl sites for hydroxylation is 1. The molecule has 2 amide bonds. The smallest absolute Gasteiger partial charge is 0.321 e. The third-order valence-electron chi connectivity index (χ3n) is 4.46. The molecular formula is C19H24N4O. The molecule has 126 valence electrons. The van der Waals surface area contributed by atoms with E-state index in [1.807, 2.05) is 13.1 Å². The summed E-state index contributed by atoms with van der Waals surface area (Å²) < 4.78 is 0. The van der Waals surface area contributed by atoms with E-state index < -0.39 is 0 Å². The molecule has 0 aliphatic heterocycles. The molecule has 1 heterocycles. The number of benzene rings is 1. The van der Waals surface area contributed by atoms with Crippen molar-refractivity contribution in [2.24, 2.45) is 0 Å². The van der Waals surface area contributed by atoms with Crippen molar-refractivity contribution in [1.82, 2.24) is 14.9 Å². The minimum atomic E-state index is -0.135. The van der Waals surface area contributed by atoms with Gasteiger partial charge in [0.2, 0.25) is 0 Å². The summed E-state index contributed by atoms with van der Waals surface area (Å²) in [5, 5.41) is 2.89. The average molecular weight is 324 g/mol. The summed E-state index contributed by atoms with van der Waals surface area (Å²) in [7, 11) is 1.84. The van der Waals surface area contributed by atoms with Gasteiger partial charge in [0, 0.05) is 12.5 Å². The molecular weight excluding hydrogens is 300 g/mol. The number of carbonyl (C=O) groups excluding carboxylic acids is 1. The van der Waals surface area contributed by atoms with Crippen molar-refractivity contribution in [3.63, 3.8) is 0 Å². The Kier molecular flexibility index (Phi) is 4.26. The van der Waals surface area contributed by atoms with Gasteiger partial charge in [0.05, 0.1) is 24.1 Å². The fourth-order valence-corrected chi connectivity index (χ4v) is 3.07. The van der Waals surface area contributed by atoms with Crippen molar-refractivity contribution in [2.75, 3.05) is 12.4 Å². The van der Waals surface area contributed by atoms with Crippen molar-refractivity contribution in [3.8, 4) is 0 Å². The second kappa shape index (κ2) is 6.23. The quantitative estimate of drug-likeness (QED) is 0.910. The maximum atomic E-state index is 12.6. The Morgan fingerprint density at radius 3 is 2.54 bits per heavy atom. The molecule has 0 radical (unpaired) electrons. The van der Waals surface area contributed by atoms with Gasteiger partial charge in [0.25, 0.3) is 0 Å². The summed E-state index contributed by atoms with van der Waals surface area (Å²) >= 11 is 0. The lowest BCUT2D eigenvalue weighted by molar-refractivity contribution is 0.204. The Labute approximate surface area is 143 Å². The SMILES string of the molecule is CN(C(=O)Nc1cnc(C(C)(C)C)nc1)C1CCc2ccccc21. The first-order valence-corrected chi connectivity index (χ1v) is 8.30. The molecule has 3 rings (SSSR count). The summed E-state index contributed by atoms with van der Waals surface area (Å²) in [5.74, 6) is 0.763. The Morgan fingerprint density at radius 1 is 1.21 bits per heavy atom. The van der Waals surface area contributed by atoms with E-state index in [-0.39, 0.29) is 17.5 Å². The molecule has 5 nitrogen and oxygen atoms in total. The summed E-state index contributed by atoms with van der Waals surface area (Å²) in [4.78, 5) is 23.0. The van der Waals surface area contributed by atoms with Gasteiger partial charge in [-0.05, 0) is 24.0 Å². The number of rotatable bonds is 2. The molecule has 24 heavy (non-hydrogen) atoms. The fraction of sp³-hybridized carbons (Fsp3) is 0.421. The van der Waals surface area contributed by atoms with Gasteiger partial charge >= 0.3 is 6.03 Å². The van der Waals surface area contributed by atoms with Gasteiger partial charge in [0.15, 0.2) is 0 Å². The van der Waals surface area contributed by atoms with Gasteiger partial charge in [-0.2, -0.15) is 0 Å². The number of aromatic nitrogens is 2. The van der Waals surface area contributed by atoms with E-state index in [1.165, 1.54) is 11.1 Å². The third kappa shape index (κ3) is 3.25. The monoisotopic (exact) mass is 324 g/mol. The van der Waals surface area contributed by atoms with Crippen molar-refractivity contribution in [2.45, 2.75) is 45.1 Å². The lowest BCUT2D eigenvalue weighted by Crippen LogP contribution is -2.34. The van der Waals surface area contributed by atoms with Gasteiger partial charge < -0.3 is 10.2 Å². The number of amides is 2. The molecule has 2 aromatic rings. The number of urea groups is 1. The predicted octanol–water partition coefficient (Wildman–Crippen LogP) is 3.93. The minimum Gasteiger partial charge on any atom is -0.321 e. The normalized spacial score (nSPS) is 16.6. The van der Waals surface area contributed by atoms with Gasteiger partial charge in [-0.3, -0.25) is 0 Å². The Hall–Kier alpha value is -2.43. The number of nitrogens with zero attached hydrogens (tertiary/aromatic N) is 3. The molecule has 1 aliphatic carbocycles. The highest BCUT2D eigenvalue weighted by Crippen LogP contribution is 2.35. The Morgan fingerprint density at radius 2 is 1.88 bits per heavy atom. The highest BCUT2D eigenvalue weighted by Gasteiger charge is 2.28. The van der Waals surface area contributed by atoms with Crippen LogP contribution in [0.2, 0.25) is 0 Å². The maximum absolute atomic E-state index is 12.6. The zero-order valence-electron chi connectivity index (χ0n) is 14.7. The van der Waals surface area contributed by atoms with Crippen LogP contribution in [0.4, 0.5) is 10.5 Å². The zero-order chi connectivity index (χ0) is 17.3. The van der Waals surface area contributed by atoms with Crippen molar-refractivity contribution in [1.29, 1.82) is 0 Å². The number of fused-ring (bicyclic) bond motifs is 1. The van der Waals surface area contributed by atoms with E-state index in [0.29, 0.717) is 5.69 Å². The van der Waals surface area contributed by atoms with Crippen LogP contribution in [0.5, 0.6) is 0 Å². The van der Waals surface area contributed by atoms with Crippen LogP contribution in [0.1, 0.15) is 50.2 Å². The third-order valence-corrected chi connectivity index (χ3v) is 4.46. The summed E-state index contributed by atoms with van der Waals surface area (Å²) in [6.45, 7) is 6.18. The molecule has 5 heteroatoms. The Balaban J connectivity index is 1.69. The average Bonchev–Trinajstić information content (AvgIpc) is 2.97. The largest absolute Gasteiger partial charge is 0.322 e. The van der Waals surface area contributed by atoms with E-state index >= 15 is 0 Å². The van der Waals surface area contributed by atoms with Crippen molar-refractivity contribution in [3.05, 3.63) is 53.6 Å². The predicted molar refractivity (Wildman–Crippen MR) is 95.0 cm³/mol. The number of hydrogen-bond donors (Lipinski definition) is 1. The second-order valence-corrected chi connectivity index (χ2v) is 7.34. The summed E-state index contributed by atoms with van der Waals surface area (Å²) in [6, 6.07) is 8.31. The zero-order valence-corrected chi connectivity index (χ0v) is 14.7. The van der Waals surface area contributed by atoms with E-state index in [9.17, 15) is 4.79 Å². The number of anilines is 1. The van der Waals surface area contributed by atoms with Crippen LogP contribution < -0.4 is 5.32 Å². The molecule has 1 atom stereocenters. The molecule has 0 saturated carbocycles. The molecule has 1 aromatic carbocycles. The van der Waals surface area contributed by atoms with Gasteiger partial charge in [-0.15, -0.1) is 0 Å². The first-order chi connectivity index (χ1) is 11.4. The standard InChI is InChI=1S/C19H24N4O/c1-19(2,3)17-20-11-14(12-21-17)22-18(24)23(4)16-10-9-13-7-5-6-8-15(13)16/h5-8,11-12,16H,9-10H2,1-4H3,(H,22,24). The first-order valence-electron chi connectivity index (χ1n) is 8.30. The number of nitrogens with one attached hydrogen (secondary N) is 1. The maximum Gasteiger partial charge on any atom is 0.322 e. The van der Waals surface area contributed by atoms with Crippen molar-refractivity contribution >= 4 is 11.7 Å². The number of hydrogen-bond acceptors (Lipinski definition) is 3. The minimum absolute atomic E-state index is 0.104. The Bertz CT molecular complexity index is 734. The molecule has 0 bridgehead atoms. The van der Waals surface area contributed by atoms with Gasteiger partial charge in [-0.1, -0.05) is 45.0 Å². The van der Waals surface area contributed by atoms with E-state index in [0.717, 1.165) is 18.7 Å². The van der Waals surface area contributed by atoms with Crippen molar-refractivity contribution < 1.29 is 4.79 Å².